The van der Waals surface area contributed by atoms with E-state index in [9.17, 15) is 30.0 Å². The van der Waals surface area contributed by atoms with Crippen LogP contribution in [0.15, 0.2) is 18.2 Å². The number of hydrogen-bond donors (Lipinski definition) is 4. The van der Waals surface area contributed by atoms with Gasteiger partial charge in [0.1, 0.15) is 17.6 Å². The van der Waals surface area contributed by atoms with Crippen molar-refractivity contribution in [3.05, 3.63) is 29.3 Å². The summed E-state index contributed by atoms with van der Waals surface area (Å²) >= 11 is 0. The van der Waals surface area contributed by atoms with E-state index >= 15 is 0 Å². The van der Waals surface area contributed by atoms with Gasteiger partial charge in [-0.2, -0.15) is 0 Å². The van der Waals surface area contributed by atoms with Gasteiger partial charge in [-0.05, 0) is 18.4 Å². The van der Waals surface area contributed by atoms with Crippen LogP contribution in [0.4, 0.5) is 0 Å². The zero-order valence-electron chi connectivity index (χ0n) is 14.2. The second kappa shape index (κ2) is 4.54. The van der Waals surface area contributed by atoms with Crippen molar-refractivity contribution in [1.29, 1.82) is 0 Å². The van der Waals surface area contributed by atoms with E-state index in [0.717, 1.165) is 0 Å². The van der Waals surface area contributed by atoms with Gasteiger partial charge in [0.25, 0.3) is 0 Å². The van der Waals surface area contributed by atoms with Gasteiger partial charge in [-0.15, -0.1) is 0 Å². The normalized spacial score (nSPS) is 48.9. The van der Waals surface area contributed by atoms with Gasteiger partial charge >= 0.3 is 0 Å². The van der Waals surface area contributed by atoms with Crippen molar-refractivity contribution in [2.45, 2.75) is 55.2 Å². The molecule has 3 aliphatic carbocycles. The lowest BCUT2D eigenvalue weighted by atomic mass is 9.51. The average molecular weight is 360 g/mol. The molecule has 1 aromatic rings. The largest absolute Gasteiger partial charge is 0.508 e. The van der Waals surface area contributed by atoms with Crippen LogP contribution in [0.5, 0.6) is 5.75 Å². The Balaban J connectivity index is 1.76. The highest BCUT2D eigenvalue weighted by atomic mass is 16.7. The summed E-state index contributed by atoms with van der Waals surface area (Å²) in [4.78, 5) is 26.2. The summed E-state index contributed by atoms with van der Waals surface area (Å²) in [6, 6.07) is 4.28. The highest BCUT2D eigenvalue weighted by Gasteiger charge is 2.90. The quantitative estimate of drug-likeness (QED) is 0.488. The summed E-state index contributed by atoms with van der Waals surface area (Å²) in [5.41, 5.74) is -4.97. The lowest BCUT2D eigenvalue weighted by Crippen LogP contribution is -2.68. The molecule has 2 saturated carbocycles. The Bertz CT molecular complexity index is 865. The Morgan fingerprint density at radius 2 is 1.92 bits per heavy atom. The molecule has 0 radical (unpaired) electrons. The van der Waals surface area contributed by atoms with Crippen LogP contribution >= 0.6 is 0 Å². The Hall–Kier alpha value is -1.80. The number of aliphatic hydroxyl groups excluding tert-OH is 2. The number of benzene rings is 1. The Morgan fingerprint density at radius 1 is 1.19 bits per heavy atom. The molecule has 1 aromatic carbocycles. The van der Waals surface area contributed by atoms with Crippen LogP contribution in [0.3, 0.4) is 0 Å². The number of ketones is 2. The van der Waals surface area contributed by atoms with Crippen LogP contribution in [-0.2, 0) is 9.53 Å². The van der Waals surface area contributed by atoms with Crippen LogP contribution in [0, 0.1) is 11.8 Å². The van der Waals surface area contributed by atoms with Gasteiger partial charge in [0, 0.05) is 24.0 Å². The summed E-state index contributed by atoms with van der Waals surface area (Å²) in [5.74, 6) is -2.33. The first kappa shape index (κ1) is 16.4. The number of carbonyl (C=O) groups excluding carboxylic acids is 2. The second-order valence-corrected chi connectivity index (χ2v) is 8.34. The molecule has 4 N–H and O–H groups in total. The molecule has 7 heteroatoms. The van der Waals surface area contributed by atoms with Crippen molar-refractivity contribution >= 4 is 11.6 Å². The summed E-state index contributed by atoms with van der Waals surface area (Å²) < 4.78 is 5.79. The standard InChI is InChI=1S/C19H20O7/c1-8-5-11(21)14-17(25,6-8)7-12(22)18-16(24)13-9(3-2-4-10(13)20)15(23)19(14,18)26-18/h2-4,8,12,14,16,20,22,24-25H,5-7H2,1H3/t8-,12-,14+,16-,17+,18+,19-/m0/s1. The van der Waals surface area contributed by atoms with Gasteiger partial charge in [-0.1, -0.05) is 19.1 Å². The topological polar surface area (TPSA) is 128 Å². The first-order valence-electron chi connectivity index (χ1n) is 8.87. The Labute approximate surface area is 149 Å². The van der Waals surface area contributed by atoms with E-state index in [0.29, 0.717) is 0 Å². The van der Waals surface area contributed by atoms with Crippen molar-refractivity contribution in [3.8, 4) is 5.75 Å². The highest BCUT2D eigenvalue weighted by molar-refractivity contribution is 6.12. The molecular weight excluding hydrogens is 340 g/mol. The fourth-order valence-electron chi connectivity index (χ4n) is 5.94. The summed E-state index contributed by atoms with van der Waals surface area (Å²) in [5, 5.41) is 43.1. The van der Waals surface area contributed by atoms with Crippen LogP contribution in [0.1, 0.15) is 48.2 Å². The van der Waals surface area contributed by atoms with Crippen molar-refractivity contribution in [2.24, 2.45) is 11.8 Å². The average Bonchev–Trinajstić information content (AvgIpc) is 3.24. The van der Waals surface area contributed by atoms with Gasteiger partial charge in [0.2, 0.25) is 0 Å². The SMILES string of the molecule is C[C@H]1CC(=O)[C@@H]2[C@@](O)(C1)C[C@H](O)[C@]13O[C@]21C(=O)c1cccc(O)c1[C@@H]3O. The zero-order valence-corrected chi connectivity index (χ0v) is 14.2. The maximum absolute atomic E-state index is 13.4. The molecule has 26 heavy (non-hydrogen) atoms. The minimum atomic E-state index is -1.78. The third-order valence-electron chi connectivity index (χ3n) is 6.77. The monoisotopic (exact) mass is 360 g/mol. The number of aliphatic hydroxyl groups is 3. The smallest absolute Gasteiger partial charge is 0.199 e. The summed E-state index contributed by atoms with van der Waals surface area (Å²) in [7, 11) is 0. The predicted molar refractivity (Wildman–Crippen MR) is 86.4 cm³/mol. The van der Waals surface area contributed by atoms with Crippen molar-refractivity contribution < 1.29 is 34.8 Å². The minimum absolute atomic E-state index is 0.00624. The minimum Gasteiger partial charge on any atom is -0.508 e. The maximum atomic E-state index is 13.4. The number of fused-ring (bicyclic) bond motifs is 2. The molecule has 5 rings (SSSR count). The highest BCUT2D eigenvalue weighted by Crippen LogP contribution is 2.72. The fraction of sp³-hybridized carbons (Fsp3) is 0.579. The van der Waals surface area contributed by atoms with E-state index < -0.39 is 40.7 Å². The van der Waals surface area contributed by atoms with E-state index in [2.05, 4.69) is 0 Å². The lowest BCUT2D eigenvalue weighted by molar-refractivity contribution is -0.162. The van der Waals surface area contributed by atoms with E-state index in [4.69, 9.17) is 4.74 Å². The fourth-order valence-corrected chi connectivity index (χ4v) is 5.94. The molecule has 0 spiro atoms. The van der Waals surface area contributed by atoms with E-state index in [-0.39, 0.29) is 47.8 Å². The molecule has 0 aromatic heterocycles. The molecule has 0 amide bonds. The number of aromatic hydroxyl groups is 1. The summed E-state index contributed by atoms with van der Waals surface area (Å²) in [6.07, 6.45) is -2.49. The van der Waals surface area contributed by atoms with Crippen molar-refractivity contribution in [2.75, 3.05) is 0 Å². The Morgan fingerprint density at radius 3 is 2.65 bits per heavy atom. The Kier molecular flexibility index (Phi) is 2.86. The molecule has 1 heterocycles. The first-order chi connectivity index (χ1) is 12.2. The summed E-state index contributed by atoms with van der Waals surface area (Å²) in [6.45, 7) is 1.84. The third kappa shape index (κ3) is 1.51. The van der Waals surface area contributed by atoms with E-state index in [1.165, 1.54) is 18.2 Å². The second-order valence-electron chi connectivity index (χ2n) is 8.34. The first-order valence-corrected chi connectivity index (χ1v) is 8.87. The number of carbonyl (C=O) groups is 2. The molecule has 7 atom stereocenters. The van der Waals surface area contributed by atoms with Crippen molar-refractivity contribution in [3.63, 3.8) is 0 Å². The van der Waals surface area contributed by atoms with E-state index in [1.54, 1.807) is 0 Å². The number of phenols is 1. The molecule has 7 nitrogen and oxygen atoms in total. The van der Waals surface area contributed by atoms with Gasteiger partial charge in [0.05, 0.1) is 17.6 Å². The number of rotatable bonds is 0. The number of Topliss-reactive ketones (excluding diaryl/α,β-unsaturated/α-hetero) is 2. The van der Waals surface area contributed by atoms with Gasteiger partial charge in [-0.25, -0.2) is 0 Å². The molecule has 1 aliphatic heterocycles. The predicted octanol–water partition coefficient (Wildman–Crippen LogP) is 0.241. The van der Waals surface area contributed by atoms with Crippen LogP contribution in [0.2, 0.25) is 0 Å². The molecule has 1 saturated heterocycles. The zero-order chi connectivity index (χ0) is 18.6. The van der Waals surface area contributed by atoms with Crippen LogP contribution in [-0.4, -0.2) is 54.9 Å². The lowest BCUT2D eigenvalue weighted by Gasteiger charge is -2.51. The molecule has 0 bridgehead atoms. The number of ether oxygens (including phenoxy) is 1. The molecule has 4 aliphatic rings. The molecular formula is C19H20O7. The maximum Gasteiger partial charge on any atom is 0.199 e. The number of hydrogen-bond acceptors (Lipinski definition) is 7. The van der Waals surface area contributed by atoms with Gasteiger partial charge in [0.15, 0.2) is 17.0 Å². The number of phenolic OH excluding ortho intramolecular Hbond substituents is 1. The molecule has 3 fully saturated rings. The van der Waals surface area contributed by atoms with Gasteiger partial charge in [-0.3, -0.25) is 9.59 Å². The third-order valence-corrected chi connectivity index (χ3v) is 6.77. The van der Waals surface area contributed by atoms with Crippen molar-refractivity contribution in [1.82, 2.24) is 0 Å². The van der Waals surface area contributed by atoms with E-state index in [1.807, 2.05) is 6.92 Å². The molecule has 138 valence electrons. The van der Waals surface area contributed by atoms with Gasteiger partial charge < -0.3 is 25.2 Å². The van der Waals surface area contributed by atoms with Crippen LogP contribution in [0.25, 0.3) is 0 Å². The van der Waals surface area contributed by atoms with Crippen LogP contribution < -0.4 is 0 Å². The number of epoxide rings is 1. The molecule has 0 unspecified atom stereocenters.